The third-order valence-electron chi connectivity index (χ3n) is 14.5. The fourth-order valence-electron chi connectivity index (χ4n) is 11.6. The summed E-state index contributed by atoms with van der Waals surface area (Å²) in [6, 6.07) is 66.5. The van der Waals surface area contributed by atoms with Gasteiger partial charge in [0.15, 0.2) is 0 Å². The van der Waals surface area contributed by atoms with E-state index in [2.05, 4.69) is 193 Å². The van der Waals surface area contributed by atoms with E-state index in [1.54, 1.807) is 0 Å². The van der Waals surface area contributed by atoms with E-state index in [0.29, 0.717) is 11.5 Å². The molecule has 0 aliphatic heterocycles. The van der Waals surface area contributed by atoms with Crippen LogP contribution in [0.15, 0.2) is 180 Å². The summed E-state index contributed by atoms with van der Waals surface area (Å²) in [7, 11) is 0. The summed E-state index contributed by atoms with van der Waals surface area (Å²) in [4.78, 5) is 0. The first kappa shape index (κ1) is 34.1. The Hall–Kier alpha value is -6.84. The largest absolute Gasteiger partial charge is 0.456 e. The maximum Gasteiger partial charge on any atom is 0.135 e. The molecule has 3 aromatic heterocycles. The van der Waals surface area contributed by atoms with Crippen LogP contribution >= 0.6 is 0 Å². The van der Waals surface area contributed by atoms with Crippen molar-refractivity contribution in [2.24, 2.45) is 5.41 Å². The summed E-state index contributed by atoms with van der Waals surface area (Å²) in [5, 5.41) is 7.45. The van der Waals surface area contributed by atoms with Gasteiger partial charge in [-0.2, -0.15) is 0 Å². The highest BCUT2D eigenvalue weighted by molar-refractivity contribution is 6.12. The maximum atomic E-state index is 6.26. The predicted octanol–water partition coefficient (Wildman–Crippen LogP) is 15.3. The summed E-state index contributed by atoms with van der Waals surface area (Å²) < 4.78 is 11.4. The van der Waals surface area contributed by atoms with Gasteiger partial charge >= 0.3 is 0 Å². The van der Waals surface area contributed by atoms with Crippen molar-refractivity contribution in [3.63, 3.8) is 0 Å². The molecule has 0 amide bonds. The number of para-hydroxylation sites is 3. The van der Waals surface area contributed by atoms with Crippen molar-refractivity contribution in [3.05, 3.63) is 198 Å². The Morgan fingerprint density at radius 2 is 0.967 bits per heavy atom. The van der Waals surface area contributed by atoms with Crippen molar-refractivity contribution in [3.8, 4) is 16.8 Å². The maximum absolute atomic E-state index is 6.26. The van der Waals surface area contributed by atoms with Crippen LogP contribution in [0.3, 0.4) is 0 Å². The van der Waals surface area contributed by atoms with E-state index in [1.807, 2.05) is 6.07 Å². The molecular formula is C57H44N2O. The molecule has 0 saturated heterocycles. The van der Waals surface area contributed by atoms with Crippen molar-refractivity contribution in [2.75, 3.05) is 0 Å². The zero-order chi connectivity index (χ0) is 39.7. The molecule has 3 nitrogen and oxygen atoms in total. The van der Waals surface area contributed by atoms with Gasteiger partial charge in [-0.05, 0) is 125 Å². The molecule has 8 aromatic carbocycles. The van der Waals surface area contributed by atoms with Crippen LogP contribution in [-0.2, 0) is 5.41 Å². The second-order valence-corrected chi connectivity index (χ2v) is 18.2. The van der Waals surface area contributed by atoms with E-state index in [-0.39, 0.29) is 0 Å². The van der Waals surface area contributed by atoms with Gasteiger partial charge in [-0.1, -0.05) is 129 Å². The van der Waals surface area contributed by atoms with E-state index in [9.17, 15) is 0 Å². The standard InChI is InChI=1S/C57H44N2O/c1-56(2)31-29-38(30-32-56)58-50-20-10-5-15-42(50)45-33-36(23-26-52(45)58)57(48-18-8-3-13-40(48)41-14-4-9-19-49(41)57)37-24-27-53-46(34-37)43-16-6-11-21-51(43)59(53)39-25-28-55-47(35-39)44-17-7-12-22-54(44)60-55/h3-28,33-35,38H,29-32H2,1-2H3. The Labute approximate surface area is 349 Å². The first-order valence-corrected chi connectivity index (χ1v) is 21.7. The number of hydrogen-bond donors (Lipinski definition) is 0. The van der Waals surface area contributed by atoms with Gasteiger partial charge in [-0.15, -0.1) is 0 Å². The topological polar surface area (TPSA) is 23.0 Å². The zero-order valence-electron chi connectivity index (χ0n) is 34.0. The van der Waals surface area contributed by atoms with Gasteiger partial charge in [0.2, 0.25) is 0 Å². The molecule has 0 unspecified atom stereocenters. The fraction of sp³-hybridized carbons (Fsp3) is 0.158. The lowest BCUT2D eigenvalue weighted by atomic mass is 9.67. The van der Waals surface area contributed by atoms with Gasteiger partial charge in [-0.3, -0.25) is 0 Å². The van der Waals surface area contributed by atoms with Crippen molar-refractivity contribution in [2.45, 2.75) is 51.0 Å². The Morgan fingerprint density at radius 3 is 1.68 bits per heavy atom. The van der Waals surface area contributed by atoms with E-state index in [1.165, 1.54) is 103 Å². The smallest absolute Gasteiger partial charge is 0.135 e. The van der Waals surface area contributed by atoms with Crippen LogP contribution < -0.4 is 0 Å². The highest BCUT2D eigenvalue weighted by Gasteiger charge is 2.46. The van der Waals surface area contributed by atoms with Crippen LogP contribution in [0.1, 0.15) is 67.8 Å². The first-order valence-electron chi connectivity index (χ1n) is 21.7. The molecule has 11 aromatic rings. The van der Waals surface area contributed by atoms with Gasteiger partial charge in [0, 0.05) is 55.1 Å². The van der Waals surface area contributed by atoms with Gasteiger partial charge in [0.25, 0.3) is 0 Å². The average Bonchev–Trinajstić information content (AvgIpc) is 4.01. The van der Waals surface area contributed by atoms with Crippen LogP contribution in [0.5, 0.6) is 0 Å². The SMILES string of the molecule is CC1(C)CCC(n2c3ccccc3c3cc(C4(c5ccc6c(c5)c5ccccc5n6-c5ccc6oc7ccccc7c6c5)c5ccccc5-c5ccccc54)ccc32)CC1. The Kier molecular flexibility index (Phi) is 7.01. The lowest BCUT2D eigenvalue weighted by Crippen LogP contribution is -2.28. The van der Waals surface area contributed by atoms with Gasteiger partial charge in [0.05, 0.1) is 16.4 Å². The number of benzene rings is 8. The minimum Gasteiger partial charge on any atom is -0.456 e. The number of aromatic nitrogens is 2. The van der Waals surface area contributed by atoms with E-state index in [0.717, 1.165) is 27.6 Å². The van der Waals surface area contributed by atoms with E-state index >= 15 is 0 Å². The molecule has 60 heavy (non-hydrogen) atoms. The number of fused-ring (bicyclic) bond motifs is 12. The minimum absolute atomic E-state index is 0.410. The molecule has 0 bridgehead atoms. The summed E-state index contributed by atoms with van der Waals surface area (Å²) >= 11 is 0. The van der Waals surface area contributed by atoms with Crippen LogP contribution in [-0.4, -0.2) is 9.13 Å². The van der Waals surface area contributed by atoms with Crippen LogP contribution in [0.4, 0.5) is 0 Å². The molecule has 1 fully saturated rings. The highest BCUT2D eigenvalue weighted by Crippen LogP contribution is 2.57. The molecule has 2 aliphatic carbocycles. The first-order chi connectivity index (χ1) is 29.5. The summed E-state index contributed by atoms with van der Waals surface area (Å²) in [6.07, 6.45) is 4.95. The number of furan rings is 1. The van der Waals surface area contributed by atoms with Crippen LogP contribution in [0.2, 0.25) is 0 Å². The molecule has 1 saturated carbocycles. The van der Waals surface area contributed by atoms with E-state index < -0.39 is 5.41 Å². The normalized spacial score (nSPS) is 16.1. The molecule has 13 rings (SSSR count). The third kappa shape index (κ3) is 4.61. The number of rotatable bonds is 4. The van der Waals surface area contributed by atoms with Crippen LogP contribution in [0, 0.1) is 5.41 Å². The summed E-state index contributed by atoms with van der Waals surface area (Å²) in [6.45, 7) is 4.88. The molecule has 2 aliphatic rings. The molecule has 0 atom stereocenters. The molecule has 3 heterocycles. The Bertz CT molecular complexity index is 3500. The minimum atomic E-state index is -0.536. The van der Waals surface area contributed by atoms with Gasteiger partial charge in [-0.25, -0.2) is 0 Å². The van der Waals surface area contributed by atoms with Crippen molar-refractivity contribution in [1.82, 2.24) is 9.13 Å². The van der Waals surface area contributed by atoms with Crippen molar-refractivity contribution < 1.29 is 4.42 Å². The quantitative estimate of drug-likeness (QED) is 0.175. The monoisotopic (exact) mass is 772 g/mol. The second kappa shape index (κ2) is 12.3. The fourth-order valence-corrected chi connectivity index (χ4v) is 11.6. The van der Waals surface area contributed by atoms with Gasteiger partial charge < -0.3 is 13.6 Å². The summed E-state index contributed by atoms with van der Waals surface area (Å²) in [5.41, 5.74) is 15.8. The second-order valence-electron chi connectivity index (χ2n) is 18.2. The van der Waals surface area contributed by atoms with E-state index in [4.69, 9.17) is 4.42 Å². The predicted molar refractivity (Wildman–Crippen MR) is 250 cm³/mol. The van der Waals surface area contributed by atoms with Crippen LogP contribution in [0.25, 0.3) is 82.4 Å². The third-order valence-corrected chi connectivity index (χ3v) is 14.5. The Balaban J connectivity index is 1.08. The molecule has 288 valence electrons. The zero-order valence-corrected chi connectivity index (χ0v) is 34.0. The lowest BCUT2D eigenvalue weighted by molar-refractivity contribution is 0.198. The van der Waals surface area contributed by atoms with Crippen molar-refractivity contribution in [1.29, 1.82) is 0 Å². The number of nitrogens with zero attached hydrogens (tertiary/aromatic N) is 2. The lowest BCUT2D eigenvalue weighted by Gasteiger charge is -2.36. The molecule has 0 spiro atoms. The Morgan fingerprint density at radius 1 is 0.450 bits per heavy atom. The average molecular weight is 773 g/mol. The van der Waals surface area contributed by atoms with Gasteiger partial charge in [0.1, 0.15) is 11.2 Å². The molecular weight excluding hydrogens is 729 g/mol. The summed E-state index contributed by atoms with van der Waals surface area (Å²) in [5.74, 6) is 0. The molecule has 0 radical (unpaired) electrons. The molecule has 3 heteroatoms. The number of hydrogen-bond acceptors (Lipinski definition) is 1. The highest BCUT2D eigenvalue weighted by atomic mass is 16.3. The van der Waals surface area contributed by atoms with Crippen molar-refractivity contribution >= 4 is 65.6 Å². The molecule has 0 N–H and O–H groups in total.